The lowest BCUT2D eigenvalue weighted by Crippen LogP contribution is -2.37. The van der Waals surface area contributed by atoms with Gasteiger partial charge in [0.25, 0.3) is 0 Å². The Morgan fingerprint density at radius 1 is 1.35 bits per heavy atom. The van der Waals surface area contributed by atoms with E-state index in [1.165, 1.54) is 12.3 Å². The summed E-state index contributed by atoms with van der Waals surface area (Å²) in [6.07, 6.45) is 2.91. The van der Waals surface area contributed by atoms with E-state index in [-0.39, 0.29) is 11.2 Å². The first kappa shape index (κ1) is 14.1. The van der Waals surface area contributed by atoms with Crippen molar-refractivity contribution in [3.63, 3.8) is 0 Å². The van der Waals surface area contributed by atoms with Gasteiger partial charge in [-0.25, -0.2) is 4.39 Å². The summed E-state index contributed by atoms with van der Waals surface area (Å²) in [5.74, 6) is -0.281. The second-order valence-corrected chi connectivity index (χ2v) is 5.52. The molecule has 0 atom stereocenters. The molecule has 0 amide bonds. The van der Waals surface area contributed by atoms with Crippen molar-refractivity contribution in [2.24, 2.45) is 5.41 Å². The van der Waals surface area contributed by atoms with Gasteiger partial charge >= 0.3 is 0 Å². The Bertz CT molecular complexity index is 350. The molecular formula is C13H22FN3. The van der Waals surface area contributed by atoms with Gasteiger partial charge in [0, 0.05) is 25.8 Å². The van der Waals surface area contributed by atoms with Crippen molar-refractivity contribution >= 4 is 0 Å². The Hall–Kier alpha value is -1.00. The van der Waals surface area contributed by atoms with Gasteiger partial charge in [0.05, 0.1) is 6.20 Å². The lowest BCUT2D eigenvalue weighted by molar-refractivity contribution is 0.232. The average molecular weight is 239 g/mol. The van der Waals surface area contributed by atoms with Gasteiger partial charge in [0.2, 0.25) is 0 Å². The van der Waals surface area contributed by atoms with Crippen molar-refractivity contribution in [2.45, 2.75) is 20.4 Å². The Balaban J connectivity index is 2.37. The predicted octanol–water partition coefficient (Wildman–Crippen LogP) is 1.90. The SMILES string of the molecule is CN(C)CC(C)(C)CNCc1cncc(F)c1. The van der Waals surface area contributed by atoms with Crippen molar-refractivity contribution in [2.75, 3.05) is 27.2 Å². The maximum Gasteiger partial charge on any atom is 0.141 e. The number of hydrogen-bond donors (Lipinski definition) is 1. The van der Waals surface area contributed by atoms with Crippen LogP contribution in [-0.2, 0) is 6.54 Å². The molecule has 0 aliphatic rings. The van der Waals surface area contributed by atoms with Crippen molar-refractivity contribution in [1.29, 1.82) is 0 Å². The fraction of sp³-hybridized carbons (Fsp3) is 0.615. The highest BCUT2D eigenvalue weighted by Gasteiger charge is 2.18. The quantitative estimate of drug-likeness (QED) is 0.822. The van der Waals surface area contributed by atoms with Crippen LogP contribution in [0.4, 0.5) is 4.39 Å². The van der Waals surface area contributed by atoms with Crippen LogP contribution in [0.3, 0.4) is 0 Å². The highest BCUT2D eigenvalue weighted by atomic mass is 19.1. The van der Waals surface area contributed by atoms with Gasteiger partial charge in [-0.3, -0.25) is 4.98 Å². The van der Waals surface area contributed by atoms with Crippen LogP contribution in [0.2, 0.25) is 0 Å². The number of halogens is 1. The van der Waals surface area contributed by atoms with Gasteiger partial charge in [0.15, 0.2) is 0 Å². The molecule has 1 heterocycles. The molecule has 4 heteroatoms. The maximum atomic E-state index is 12.9. The van der Waals surface area contributed by atoms with Crippen molar-refractivity contribution in [3.8, 4) is 0 Å². The molecule has 1 aromatic rings. The fourth-order valence-corrected chi connectivity index (χ4v) is 2.01. The first-order valence-corrected chi connectivity index (χ1v) is 5.84. The first-order chi connectivity index (χ1) is 7.89. The van der Waals surface area contributed by atoms with E-state index in [0.29, 0.717) is 6.54 Å². The van der Waals surface area contributed by atoms with Crippen LogP contribution < -0.4 is 5.32 Å². The molecule has 96 valence electrons. The number of hydrogen-bond acceptors (Lipinski definition) is 3. The summed E-state index contributed by atoms with van der Waals surface area (Å²) in [7, 11) is 4.14. The summed E-state index contributed by atoms with van der Waals surface area (Å²) in [5.41, 5.74) is 1.08. The summed E-state index contributed by atoms with van der Waals surface area (Å²) < 4.78 is 12.9. The molecule has 0 aromatic carbocycles. The fourth-order valence-electron chi connectivity index (χ4n) is 2.01. The van der Waals surface area contributed by atoms with E-state index in [9.17, 15) is 4.39 Å². The van der Waals surface area contributed by atoms with E-state index in [2.05, 4.69) is 43.1 Å². The molecule has 0 saturated heterocycles. The van der Waals surface area contributed by atoms with Gasteiger partial charge in [-0.2, -0.15) is 0 Å². The maximum absolute atomic E-state index is 12.9. The second kappa shape index (κ2) is 6.07. The minimum absolute atomic E-state index is 0.199. The lowest BCUT2D eigenvalue weighted by atomic mass is 9.93. The van der Waals surface area contributed by atoms with Crippen molar-refractivity contribution in [1.82, 2.24) is 15.2 Å². The molecule has 17 heavy (non-hydrogen) atoms. The van der Waals surface area contributed by atoms with Gasteiger partial charge in [-0.1, -0.05) is 13.8 Å². The molecular weight excluding hydrogens is 217 g/mol. The zero-order valence-corrected chi connectivity index (χ0v) is 11.1. The summed E-state index contributed by atoms with van der Waals surface area (Å²) in [6, 6.07) is 1.51. The Labute approximate surface area is 103 Å². The van der Waals surface area contributed by atoms with Gasteiger partial charge in [-0.05, 0) is 31.1 Å². The third-order valence-corrected chi connectivity index (χ3v) is 2.44. The van der Waals surface area contributed by atoms with Crippen LogP contribution in [0.25, 0.3) is 0 Å². The number of pyridine rings is 1. The molecule has 0 radical (unpaired) electrons. The van der Waals surface area contributed by atoms with E-state index in [1.807, 2.05) is 0 Å². The van der Waals surface area contributed by atoms with Gasteiger partial charge in [-0.15, -0.1) is 0 Å². The van der Waals surface area contributed by atoms with Crippen LogP contribution in [-0.4, -0.2) is 37.1 Å². The van der Waals surface area contributed by atoms with Crippen LogP contribution in [0.1, 0.15) is 19.4 Å². The molecule has 1 aromatic heterocycles. The van der Waals surface area contributed by atoms with Crippen molar-refractivity contribution in [3.05, 3.63) is 29.8 Å². The summed E-state index contributed by atoms with van der Waals surface area (Å²) in [6.45, 7) is 6.98. The Morgan fingerprint density at radius 3 is 2.65 bits per heavy atom. The van der Waals surface area contributed by atoms with E-state index in [0.717, 1.165) is 18.7 Å². The Kier molecular flexibility index (Phi) is 5.02. The molecule has 0 saturated carbocycles. The smallest absolute Gasteiger partial charge is 0.141 e. The van der Waals surface area contributed by atoms with E-state index in [4.69, 9.17) is 0 Å². The summed E-state index contributed by atoms with van der Waals surface area (Å²) in [4.78, 5) is 6.00. The third-order valence-electron chi connectivity index (χ3n) is 2.44. The monoisotopic (exact) mass is 239 g/mol. The summed E-state index contributed by atoms with van der Waals surface area (Å²) in [5, 5.41) is 3.34. The molecule has 0 bridgehead atoms. The Morgan fingerprint density at radius 2 is 2.06 bits per heavy atom. The number of aromatic nitrogens is 1. The molecule has 0 aliphatic heterocycles. The normalized spacial score (nSPS) is 12.1. The molecule has 3 nitrogen and oxygen atoms in total. The minimum Gasteiger partial charge on any atom is -0.312 e. The van der Waals surface area contributed by atoms with Gasteiger partial charge < -0.3 is 10.2 Å². The topological polar surface area (TPSA) is 28.2 Å². The van der Waals surface area contributed by atoms with E-state index in [1.54, 1.807) is 6.20 Å². The molecule has 1 N–H and O–H groups in total. The zero-order valence-electron chi connectivity index (χ0n) is 11.1. The first-order valence-electron chi connectivity index (χ1n) is 5.84. The summed E-state index contributed by atoms with van der Waals surface area (Å²) >= 11 is 0. The minimum atomic E-state index is -0.281. The molecule has 0 unspecified atom stereocenters. The highest BCUT2D eigenvalue weighted by Crippen LogP contribution is 2.14. The van der Waals surface area contributed by atoms with Crippen LogP contribution in [0.5, 0.6) is 0 Å². The molecule has 0 aliphatic carbocycles. The van der Waals surface area contributed by atoms with Crippen LogP contribution >= 0.6 is 0 Å². The predicted molar refractivity (Wildman–Crippen MR) is 68.2 cm³/mol. The highest BCUT2D eigenvalue weighted by molar-refractivity contribution is 5.09. The van der Waals surface area contributed by atoms with E-state index < -0.39 is 0 Å². The van der Waals surface area contributed by atoms with Crippen LogP contribution in [0.15, 0.2) is 18.5 Å². The average Bonchev–Trinajstić information content (AvgIpc) is 2.15. The molecule has 0 fully saturated rings. The standard InChI is InChI=1S/C13H22FN3/c1-13(2,10-17(3)4)9-16-7-11-5-12(14)8-15-6-11/h5-6,8,16H,7,9-10H2,1-4H3. The van der Waals surface area contributed by atoms with Crippen LogP contribution in [0, 0.1) is 11.2 Å². The van der Waals surface area contributed by atoms with Gasteiger partial charge in [0.1, 0.15) is 5.82 Å². The lowest BCUT2D eigenvalue weighted by Gasteiger charge is -2.28. The molecule has 0 spiro atoms. The number of nitrogens with one attached hydrogen (secondary N) is 1. The van der Waals surface area contributed by atoms with E-state index >= 15 is 0 Å². The third kappa shape index (κ3) is 5.75. The number of nitrogens with zero attached hydrogens (tertiary/aromatic N) is 2. The number of rotatable bonds is 6. The molecule has 1 rings (SSSR count). The second-order valence-electron chi connectivity index (χ2n) is 5.52. The largest absolute Gasteiger partial charge is 0.312 e. The van der Waals surface area contributed by atoms with Crippen molar-refractivity contribution < 1.29 is 4.39 Å². The zero-order chi connectivity index (χ0) is 12.9.